The number of hydrogen-bond donors (Lipinski definition) is 1. The topological polar surface area (TPSA) is 97.5 Å². The third-order valence-corrected chi connectivity index (χ3v) is 7.49. The van der Waals surface area contributed by atoms with Crippen LogP contribution >= 0.6 is 11.8 Å². The third-order valence-electron chi connectivity index (χ3n) is 3.62. The number of fused-ring (bicyclic) bond motifs is 1. The van der Waals surface area contributed by atoms with Gasteiger partial charge < -0.3 is 0 Å². The van der Waals surface area contributed by atoms with Gasteiger partial charge in [-0.1, -0.05) is 18.2 Å². The van der Waals surface area contributed by atoms with E-state index in [-0.39, 0.29) is 9.79 Å². The molecule has 0 radical (unpaired) electrons. The van der Waals surface area contributed by atoms with Crippen molar-refractivity contribution in [1.29, 1.82) is 0 Å². The number of nitrogens with two attached hydrogens (primary N) is 1. The summed E-state index contributed by atoms with van der Waals surface area (Å²) in [5, 5.41) is 5.11. The lowest BCUT2D eigenvalue weighted by atomic mass is 10.3. The standard InChI is InChI=1S/C15H16N2O4S3/c16-23(18,19)12-5-3-6-13(11-12)24(20,21)17-9-4-10-22-15-8-2-1-7-14(15)17/h1-3,5-8,11H,4,9-10H2,(H2,16,18,19). The highest BCUT2D eigenvalue weighted by Gasteiger charge is 2.28. The Morgan fingerprint density at radius 3 is 2.42 bits per heavy atom. The average Bonchev–Trinajstić information content (AvgIpc) is 2.77. The highest BCUT2D eigenvalue weighted by Crippen LogP contribution is 2.36. The van der Waals surface area contributed by atoms with Crippen molar-refractivity contribution in [3.05, 3.63) is 48.5 Å². The number of nitrogens with zero attached hydrogens (tertiary/aromatic N) is 1. The number of anilines is 1. The van der Waals surface area contributed by atoms with E-state index in [1.165, 1.54) is 22.5 Å². The average molecular weight is 385 g/mol. The van der Waals surface area contributed by atoms with E-state index in [0.29, 0.717) is 18.7 Å². The van der Waals surface area contributed by atoms with E-state index in [4.69, 9.17) is 5.14 Å². The molecule has 0 fully saturated rings. The molecule has 1 aliphatic heterocycles. The van der Waals surface area contributed by atoms with Crippen LogP contribution in [-0.4, -0.2) is 29.1 Å². The minimum absolute atomic E-state index is 0.0873. The normalized spacial score (nSPS) is 15.6. The fourth-order valence-corrected chi connectivity index (χ4v) is 5.74. The Morgan fingerprint density at radius 1 is 0.958 bits per heavy atom. The highest BCUT2D eigenvalue weighted by molar-refractivity contribution is 7.99. The van der Waals surface area contributed by atoms with E-state index < -0.39 is 20.0 Å². The molecule has 2 aromatic carbocycles. The van der Waals surface area contributed by atoms with Crippen LogP contribution in [0.3, 0.4) is 0 Å². The van der Waals surface area contributed by atoms with E-state index in [1.54, 1.807) is 23.9 Å². The molecule has 6 nitrogen and oxygen atoms in total. The van der Waals surface area contributed by atoms with Crippen LogP contribution in [0.2, 0.25) is 0 Å². The number of benzene rings is 2. The summed E-state index contributed by atoms with van der Waals surface area (Å²) >= 11 is 1.61. The first-order valence-electron chi connectivity index (χ1n) is 7.17. The van der Waals surface area contributed by atoms with Crippen LogP contribution in [0.5, 0.6) is 0 Å². The van der Waals surface area contributed by atoms with Gasteiger partial charge >= 0.3 is 0 Å². The molecule has 0 spiro atoms. The Hall–Kier alpha value is -1.55. The van der Waals surface area contributed by atoms with Gasteiger partial charge in [-0.3, -0.25) is 4.31 Å². The molecule has 0 saturated carbocycles. The molecule has 2 aromatic rings. The van der Waals surface area contributed by atoms with Gasteiger partial charge in [-0.25, -0.2) is 22.0 Å². The van der Waals surface area contributed by atoms with Crippen molar-refractivity contribution in [2.75, 3.05) is 16.6 Å². The maximum absolute atomic E-state index is 13.1. The van der Waals surface area contributed by atoms with Crippen LogP contribution in [0, 0.1) is 0 Å². The van der Waals surface area contributed by atoms with Crippen molar-refractivity contribution in [3.8, 4) is 0 Å². The summed E-state index contributed by atoms with van der Waals surface area (Å²) in [6.45, 7) is 0.339. The first kappa shape index (κ1) is 17.3. The smallest absolute Gasteiger partial charge is 0.264 e. The summed E-state index contributed by atoms with van der Waals surface area (Å²) in [7, 11) is -7.85. The van der Waals surface area contributed by atoms with Crippen molar-refractivity contribution < 1.29 is 16.8 Å². The van der Waals surface area contributed by atoms with Gasteiger partial charge in [0.25, 0.3) is 10.0 Å². The summed E-state index contributed by atoms with van der Waals surface area (Å²) in [6, 6.07) is 12.4. The lowest BCUT2D eigenvalue weighted by molar-refractivity contribution is 0.589. The zero-order valence-corrected chi connectivity index (χ0v) is 15.1. The molecule has 2 N–H and O–H groups in total. The zero-order valence-electron chi connectivity index (χ0n) is 12.6. The van der Waals surface area contributed by atoms with E-state index in [0.717, 1.165) is 16.7 Å². The van der Waals surface area contributed by atoms with Crippen LogP contribution in [0.15, 0.2) is 63.2 Å². The Morgan fingerprint density at radius 2 is 1.67 bits per heavy atom. The fourth-order valence-electron chi connectivity index (χ4n) is 2.48. The van der Waals surface area contributed by atoms with Crippen LogP contribution in [0.4, 0.5) is 5.69 Å². The molecule has 24 heavy (non-hydrogen) atoms. The molecule has 1 aliphatic rings. The molecule has 0 saturated heterocycles. The molecule has 0 unspecified atom stereocenters. The molecule has 0 aromatic heterocycles. The Balaban J connectivity index is 2.12. The van der Waals surface area contributed by atoms with Gasteiger partial charge in [0.2, 0.25) is 10.0 Å². The Labute approximate surface area is 145 Å². The van der Waals surface area contributed by atoms with Gasteiger partial charge in [0.1, 0.15) is 0 Å². The quantitative estimate of drug-likeness (QED) is 0.873. The molecule has 3 rings (SSSR count). The van der Waals surface area contributed by atoms with E-state index in [9.17, 15) is 16.8 Å². The van der Waals surface area contributed by atoms with E-state index in [2.05, 4.69) is 0 Å². The summed E-state index contributed by atoms with van der Waals surface area (Å²) in [6.07, 6.45) is 0.702. The number of para-hydroxylation sites is 1. The number of hydrogen-bond acceptors (Lipinski definition) is 5. The second kappa shape index (κ2) is 6.40. The number of rotatable bonds is 3. The maximum Gasteiger partial charge on any atom is 0.264 e. The third kappa shape index (κ3) is 3.30. The first-order chi connectivity index (χ1) is 11.3. The molecule has 0 amide bonds. The van der Waals surface area contributed by atoms with E-state index in [1.807, 2.05) is 12.1 Å². The van der Waals surface area contributed by atoms with Crippen molar-refractivity contribution >= 4 is 37.5 Å². The molecule has 9 heteroatoms. The van der Waals surface area contributed by atoms with Gasteiger partial charge in [0, 0.05) is 11.4 Å². The second-order valence-electron chi connectivity index (χ2n) is 5.27. The maximum atomic E-state index is 13.1. The predicted octanol–water partition coefficient (Wildman–Crippen LogP) is 2.03. The summed E-state index contributed by atoms with van der Waals surface area (Å²) in [4.78, 5) is 0.581. The van der Waals surface area contributed by atoms with Gasteiger partial charge in [0.15, 0.2) is 0 Å². The molecule has 128 valence electrons. The van der Waals surface area contributed by atoms with Crippen LogP contribution in [0.1, 0.15) is 6.42 Å². The minimum atomic E-state index is -3.97. The monoisotopic (exact) mass is 384 g/mol. The molecular formula is C15H16N2O4S3. The molecule has 0 atom stereocenters. The Bertz CT molecular complexity index is 972. The molecule has 1 heterocycles. The van der Waals surface area contributed by atoms with Gasteiger partial charge in [-0.05, 0) is 42.5 Å². The second-order valence-corrected chi connectivity index (χ2v) is 9.83. The number of sulfonamides is 2. The predicted molar refractivity (Wildman–Crippen MR) is 94.1 cm³/mol. The van der Waals surface area contributed by atoms with Crippen molar-refractivity contribution in [2.45, 2.75) is 21.1 Å². The summed E-state index contributed by atoms with van der Waals surface area (Å²) in [5.41, 5.74) is 0.612. The minimum Gasteiger partial charge on any atom is -0.265 e. The number of thioether (sulfide) groups is 1. The van der Waals surface area contributed by atoms with Crippen molar-refractivity contribution in [2.24, 2.45) is 5.14 Å². The summed E-state index contributed by atoms with van der Waals surface area (Å²) < 4.78 is 50.5. The first-order valence-corrected chi connectivity index (χ1v) is 11.1. The number of primary sulfonamides is 1. The lowest BCUT2D eigenvalue weighted by Gasteiger charge is -2.24. The summed E-state index contributed by atoms with van der Waals surface area (Å²) in [5.74, 6) is 0.820. The van der Waals surface area contributed by atoms with Gasteiger partial charge in [-0.15, -0.1) is 11.8 Å². The van der Waals surface area contributed by atoms with Crippen molar-refractivity contribution in [1.82, 2.24) is 0 Å². The largest absolute Gasteiger partial charge is 0.265 e. The lowest BCUT2D eigenvalue weighted by Crippen LogP contribution is -2.32. The van der Waals surface area contributed by atoms with E-state index >= 15 is 0 Å². The fraction of sp³-hybridized carbons (Fsp3) is 0.200. The molecule has 0 bridgehead atoms. The van der Waals surface area contributed by atoms with Gasteiger partial charge in [0.05, 0.1) is 15.5 Å². The molecular weight excluding hydrogens is 368 g/mol. The highest BCUT2D eigenvalue weighted by atomic mass is 32.2. The van der Waals surface area contributed by atoms with Gasteiger partial charge in [-0.2, -0.15) is 0 Å². The SMILES string of the molecule is NS(=O)(=O)c1cccc(S(=O)(=O)N2CCCSc3ccccc32)c1. The van der Waals surface area contributed by atoms with Crippen LogP contribution in [0.25, 0.3) is 0 Å². The van der Waals surface area contributed by atoms with Crippen LogP contribution in [-0.2, 0) is 20.0 Å². The Kier molecular flexibility index (Phi) is 4.60. The zero-order chi connectivity index (χ0) is 17.4. The van der Waals surface area contributed by atoms with Crippen LogP contribution < -0.4 is 9.44 Å². The van der Waals surface area contributed by atoms with Crippen molar-refractivity contribution in [3.63, 3.8) is 0 Å². The molecule has 0 aliphatic carbocycles.